The number of anilines is 1. The highest BCUT2D eigenvalue weighted by molar-refractivity contribution is 5.46. The highest BCUT2D eigenvalue weighted by Gasteiger charge is 2.35. The molecule has 0 amide bonds. The Bertz CT molecular complexity index is 593. The maximum atomic E-state index is 4.62. The highest BCUT2D eigenvalue weighted by Crippen LogP contribution is 2.33. The van der Waals surface area contributed by atoms with Crippen LogP contribution in [0.5, 0.6) is 0 Å². The summed E-state index contributed by atoms with van der Waals surface area (Å²) < 4.78 is 1.80. The second kappa shape index (κ2) is 4.74. The van der Waals surface area contributed by atoms with E-state index in [2.05, 4.69) is 27.3 Å². The molecular formula is C15H21N5. The molecule has 2 bridgehead atoms. The first-order valence-electron chi connectivity index (χ1n) is 7.58. The monoisotopic (exact) mass is 271 g/mol. The molecule has 2 unspecified atom stereocenters. The van der Waals surface area contributed by atoms with E-state index in [9.17, 15) is 0 Å². The minimum absolute atomic E-state index is 0.555. The van der Waals surface area contributed by atoms with Crippen LogP contribution in [0.3, 0.4) is 0 Å². The lowest BCUT2D eigenvalue weighted by molar-refractivity contribution is 0.0608. The zero-order valence-corrected chi connectivity index (χ0v) is 11.9. The van der Waals surface area contributed by atoms with Crippen molar-refractivity contribution in [3.63, 3.8) is 0 Å². The van der Waals surface area contributed by atoms with Crippen molar-refractivity contribution in [2.75, 3.05) is 12.4 Å². The van der Waals surface area contributed by atoms with E-state index < -0.39 is 0 Å². The Labute approximate surface area is 119 Å². The molecule has 2 aromatic rings. The van der Waals surface area contributed by atoms with E-state index in [-0.39, 0.29) is 0 Å². The van der Waals surface area contributed by atoms with Gasteiger partial charge in [0.15, 0.2) is 5.65 Å². The van der Waals surface area contributed by atoms with Gasteiger partial charge in [-0.05, 0) is 38.8 Å². The number of hydrogen-bond acceptors (Lipinski definition) is 4. The van der Waals surface area contributed by atoms with E-state index in [0.717, 1.165) is 23.5 Å². The number of piperidine rings is 2. The summed E-state index contributed by atoms with van der Waals surface area (Å²) in [5.74, 6) is 0.977. The number of nitrogens with zero attached hydrogens (tertiary/aromatic N) is 4. The average molecular weight is 271 g/mol. The lowest BCUT2D eigenvalue weighted by Gasteiger charge is -2.47. The fourth-order valence-corrected chi connectivity index (χ4v) is 3.84. The second-order valence-corrected chi connectivity index (χ2v) is 6.16. The molecule has 2 atom stereocenters. The minimum atomic E-state index is 0.555. The third-order valence-electron chi connectivity index (χ3n) is 4.95. The van der Waals surface area contributed by atoms with Crippen LogP contribution in [0.15, 0.2) is 24.5 Å². The summed E-state index contributed by atoms with van der Waals surface area (Å²) in [5, 5.41) is 7.82. The van der Waals surface area contributed by atoms with Crippen molar-refractivity contribution >= 4 is 11.5 Å². The Morgan fingerprint density at radius 2 is 2.00 bits per heavy atom. The Hall–Kier alpha value is -1.62. The molecule has 1 N–H and O–H groups in total. The summed E-state index contributed by atoms with van der Waals surface area (Å²) in [6, 6.07) is 6.01. The fraction of sp³-hybridized carbons (Fsp3) is 0.600. The largest absolute Gasteiger partial charge is 0.367 e. The zero-order chi connectivity index (χ0) is 13.5. The number of fused-ring (bicyclic) bond motifs is 3. The molecule has 106 valence electrons. The van der Waals surface area contributed by atoms with Gasteiger partial charge in [-0.3, -0.25) is 0 Å². The molecule has 20 heavy (non-hydrogen) atoms. The predicted molar refractivity (Wildman–Crippen MR) is 78.8 cm³/mol. The van der Waals surface area contributed by atoms with Crippen molar-refractivity contribution in [1.82, 2.24) is 19.5 Å². The van der Waals surface area contributed by atoms with E-state index in [1.54, 1.807) is 10.7 Å². The van der Waals surface area contributed by atoms with E-state index in [4.69, 9.17) is 0 Å². The zero-order valence-electron chi connectivity index (χ0n) is 11.9. The van der Waals surface area contributed by atoms with E-state index in [1.807, 2.05) is 18.3 Å². The van der Waals surface area contributed by atoms with Crippen LogP contribution in [-0.4, -0.2) is 44.7 Å². The van der Waals surface area contributed by atoms with Crippen molar-refractivity contribution in [1.29, 1.82) is 0 Å². The number of aromatic nitrogens is 3. The van der Waals surface area contributed by atoms with Crippen LogP contribution in [0.2, 0.25) is 0 Å². The Morgan fingerprint density at radius 1 is 1.20 bits per heavy atom. The quantitative estimate of drug-likeness (QED) is 0.909. The summed E-state index contributed by atoms with van der Waals surface area (Å²) in [7, 11) is 2.29. The normalized spacial score (nSPS) is 30.6. The van der Waals surface area contributed by atoms with Crippen LogP contribution in [0.1, 0.15) is 32.1 Å². The molecular weight excluding hydrogens is 250 g/mol. The molecule has 0 aromatic carbocycles. The molecule has 2 fully saturated rings. The minimum Gasteiger partial charge on any atom is -0.367 e. The van der Waals surface area contributed by atoms with Gasteiger partial charge in [-0.2, -0.15) is 5.10 Å². The van der Waals surface area contributed by atoms with Gasteiger partial charge in [-0.1, -0.05) is 6.42 Å². The molecule has 0 spiro atoms. The van der Waals surface area contributed by atoms with Gasteiger partial charge in [0.05, 0.1) is 6.20 Å². The van der Waals surface area contributed by atoms with Gasteiger partial charge in [0.25, 0.3) is 0 Å². The van der Waals surface area contributed by atoms with E-state index in [1.165, 1.54) is 32.1 Å². The average Bonchev–Trinajstić information content (AvgIpc) is 2.87. The topological polar surface area (TPSA) is 45.5 Å². The first-order valence-corrected chi connectivity index (χ1v) is 7.58. The van der Waals surface area contributed by atoms with E-state index >= 15 is 0 Å². The van der Waals surface area contributed by atoms with Crippen LogP contribution in [0, 0.1) is 0 Å². The molecule has 4 heterocycles. The highest BCUT2D eigenvalue weighted by atomic mass is 15.3. The standard InChI is InChI=1S/C15H21N5/c1-19-12-3-2-4-13(19)10-11(9-12)17-14-6-8-20-15(18-14)5-7-16-20/h5-8,11-13H,2-4,9-10H2,1H3,(H,17,18). The molecule has 2 aliphatic heterocycles. The second-order valence-electron chi connectivity index (χ2n) is 6.16. The lowest BCUT2D eigenvalue weighted by atomic mass is 9.82. The molecule has 5 heteroatoms. The van der Waals surface area contributed by atoms with E-state index in [0.29, 0.717) is 6.04 Å². The third-order valence-corrected chi connectivity index (χ3v) is 4.95. The van der Waals surface area contributed by atoms with Crippen LogP contribution in [0.4, 0.5) is 5.82 Å². The summed E-state index contributed by atoms with van der Waals surface area (Å²) in [6.45, 7) is 0. The van der Waals surface area contributed by atoms with Crippen LogP contribution in [0.25, 0.3) is 5.65 Å². The predicted octanol–water partition coefficient (Wildman–Crippen LogP) is 2.16. The number of hydrogen-bond donors (Lipinski definition) is 1. The van der Waals surface area contributed by atoms with Gasteiger partial charge < -0.3 is 10.2 Å². The molecule has 2 saturated heterocycles. The maximum absolute atomic E-state index is 4.62. The van der Waals surface area contributed by atoms with Gasteiger partial charge in [-0.25, -0.2) is 9.50 Å². The van der Waals surface area contributed by atoms with Crippen LogP contribution >= 0.6 is 0 Å². The molecule has 0 saturated carbocycles. The van der Waals surface area contributed by atoms with Crippen molar-refractivity contribution < 1.29 is 0 Å². The SMILES string of the molecule is CN1C2CCCC1CC(Nc1ccn3nccc3n1)C2. The first-order chi connectivity index (χ1) is 9.79. The molecule has 2 aliphatic rings. The lowest BCUT2D eigenvalue weighted by Crippen LogP contribution is -2.52. The van der Waals surface area contributed by atoms with Crippen LogP contribution in [-0.2, 0) is 0 Å². The van der Waals surface area contributed by atoms with Crippen molar-refractivity contribution in [3.8, 4) is 0 Å². The summed E-state index contributed by atoms with van der Waals surface area (Å²) in [4.78, 5) is 7.21. The molecule has 0 radical (unpaired) electrons. The summed E-state index contributed by atoms with van der Waals surface area (Å²) in [6.07, 6.45) is 10.3. The number of nitrogens with one attached hydrogen (secondary N) is 1. The Balaban J connectivity index is 1.51. The van der Waals surface area contributed by atoms with Crippen molar-refractivity contribution in [2.45, 2.75) is 50.2 Å². The van der Waals surface area contributed by atoms with Gasteiger partial charge >= 0.3 is 0 Å². The number of rotatable bonds is 2. The molecule has 4 rings (SSSR count). The molecule has 5 nitrogen and oxygen atoms in total. The Morgan fingerprint density at radius 3 is 2.80 bits per heavy atom. The fourth-order valence-electron chi connectivity index (χ4n) is 3.84. The van der Waals surface area contributed by atoms with Gasteiger partial charge in [0.2, 0.25) is 0 Å². The van der Waals surface area contributed by atoms with Gasteiger partial charge in [-0.15, -0.1) is 0 Å². The first kappa shape index (κ1) is 12.1. The molecule has 0 aliphatic carbocycles. The molecule has 2 aromatic heterocycles. The Kier molecular flexibility index (Phi) is 2.88. The summed E-state index contributed by atoms with van der Waals surface area (Å²) >= 11 is 0. The maximum Gasteiger partial charge on any atom is 0.157 e. The van der Waals surface area contributed by atoms with Gasteiger partial charge in [0, 0.05) is 30.4 Å². The van der Waals surface area contributed by atoms with Gasteiger partial charge in [0.1, 0.15) is 5.82 Å². The summed E-state index contributed by atoms with van der Waals surface area (Å²) in [5.41, 5.74) is 0.906. The third kappa shape index (κ3) is 2.06. The smallest absolute Gasteiger partial charge is 0.157 e. The van der Waals surface area contributed by atoms with Crippen LogP contribution < -0.4 is 5.32 Å². The van der Waals surface area contributed by atoms with Crippen molar-refractivity contribution in [2.24, 2.45) is 0 Å². The van der Waals surface area contributed by atoms with Crippen molar-refractivity contribution in [3.05, 3.63) is 24.5 Å².